The number of para-hydroxylation sites is 2. The molecule has 0 bridgehead atoms. The van der Waals surface area contributed by atoms with Gasteiger partial charge in [-0.15, -0.1) is 0 Å². The van der Waals surface area contributed by atoms with Gasteiger partial charge in [-0.3, -0.25) is 14.7 Å². The third kappa shape index (κ3) is 7.41. The second-order valence-electron chi connectivity index (χ2n) is 13.0. The minimum Gasteiger partial charge on any atom is -0.395 e. The van der Waals surface area contributed by atoms with E-state index in [0.29, 0.717) is 12.1 Å². The average Bonchev–Trinajstić information content (AvgIpc) is 3.61. The quantitative estimate of drug-likeness (QED) is 0.168. The zero-order chi connectivity index (χ0) is 33.7. The van der Waals surface area contributed by atoms with E-state index in [4.69, 9.17) is 9.47 Å². The van der Waals surface area contributed by atoms with Crippen LogP contribution in [0.5, 0.6) is 0 Å². The number of rotatable bonds is 10. The fraction of sp³-hybridized carbons (Fsp3) is 0.325. The molecule has 5 aromatic rings. The van der Waals surface area contributed by atoms with E-state index in [1.54, 1.807) is 0 Å². The number of carbonyl (C=O) groups is 1. The molecule has 2 aliphatic heterocycles. The van der Waals surface area contributed by atoms with Crippen molar-refractivity contribution in [3.63, 3.8) is 0 Å². The molecule has 5 unspecified atom stereocenters. The molecule has 2 aliphatic rings. The van der Waals surface area contributed by atoms with E-state index in [-0.39, 0.29) is 49.0 Å². The predicted octanol–water partition coefficient (Wildman–Crippen LogP) is 5.97. The lowest BCUT2D eigenvalue weighted by Crippen LogP contribution is -2.46. The number of aliphatic hydroxyl groups excluding tert-OH is 2. The van der Waals surface area contributed by atoms with Crippen molar-refractivity contribution in [3.05, 3.63) is 131 Å². The Balaban J connectivity index is 1.10. The summed E-state index contributed by atoms with van der Waals surface area (Å²) in [6, 6.07) is 31.9. The van der Waals surface area contributed by atoms with Gasteiger partial charge in [-0.1, -0.05) is 79.7 Å². The lowest BCUT2D eigenvalue weighted by Gasteiger charge is -2.43. The van der Waals surface area contributed by atoms with Gasteiger partial charge in [0.05, 0.1) is 42.7 Å². The van der Waals surface area contributed by atoms with E-state index >= 15 is 0 Å². The smallest absolute Gasteiger partial charge is 0.271 e. The van der Waals surface area contributed by atoms with Crippen LogP contribution in [0.2, 0.25) is 0 Å². The summed E-state index contributed by atoms with van der Waals surface area (Å²) in [7, 11) is 0. The SMILES string of the molecule is CC1C(CN2CCCC2CO)OC(c2cccc(-c3cccc(CNC(=O)c4cnc5ccccc5n4)c3)c2)OC1c1ccc(CO)cc1. The molecular formula is C40H42N4O5. The molecule has 1 aromatic heterocycles. The van der Waals surface area contributed by atoms with Crippen molar-refractivity contribution in [1.82, 2.24) is 20.2 Å². The number of hydrogen-bond acceptors (Lipinski definition) is 8. The summed E-state index contributed by atoms with van der Waals surface area (Å²) in [6.45, 7) is 4.32. The van der Waals surface area contributed by atoms with Crippen LogP contribution < -0.4 is 5.32 Å². The maximum atomic E-state index is 12.9. The lowest BCUT2D eigenvalue weighted by atomic mass is 9.89. The van der Waals surface area contributed by atoms with Crippen LogP contribution in [-0.2, 0) is 22.6 Å². The van der Waals surface area contributed by atoms with Gasteiger partial charge in [0.2, 0.25) is 0 Å². The molecule has 5 atom stereocenters. The summed E-state index contributed by atoms with van der Waals surface area (Å²) in [5.41, 5.74) is 7.51. The maximum Gasteiger partial charge on any atom is 0.271 e. The van der Waals surface area contributed by atoms with Gasteiger partial charge in [0.25, 0.3) is 5.91 Å². The van der Waals surface area contributed by atoms with Crippen LogP contribution in [0.1, 0.15) is 64.9 Å². The second kappa shape index (κ2) is 14.9. The van der Waals surface area contributed by atoms with E-state index < -0.39 is 6.29 Å². The summed E-state index contributed by atoms with van der Waals surface area (Å²) >= 11 is 0. The van der Waals surface area contributed by atoms with Crippen molar-refractivity contribution in [2.45, 2.75) is 57.5 Å². The summed E-state index contributed by atoms with van der Waals surface area (Å²) in [5, 5.41) is 22.6. The van der Waals surface area contributed by atoms with Crippen LogP contribution in [0.25, 0.3) is 22.2 Å². The Bertz CT molecular complexity index is 1900. The van der Waals surface area contributed by atoms with Gasteiger partial charge in [0, 0.05) is 30.6 Å². The minimum absolute atomic E-state index is 0.00722. The molecule has 9 nitrogen and oxygen atoms in total. The molecule has 2 saturated heterocycles. The molecule has 4 aromatic carbocycles. The second-order valence-corrected chi connectivity index (χ2v) is 13.0. The molecule has 252 valence electrons. The molecule has 0 radical (unpaired) electrons. The molecule has 49 heavy (non-hydrogen) atoms. The first-order valence-corrected chi connectivity index (χ1v) is 17.0. The largest absolute Gasteiger partial charge is 0.395 e. The lowest BCUT2D eigenvalue weighted by molar-refractivity contribution is -0.276. The van der Waals surface area contributed by atoms with Gasteiger partial charge in [0.15, 0.2) is 6.29 Å². The molecule has 9 heteroatoms. The number of hydrogen-bond donors (Lipinski definition) is 3. The van der Waals surface area contributed by atoms with E-state index in [2.05, 4.69) is 51.4 Å². The first-order valence-electron chi connectivity index (χ1n) is 17.0. The number of aromatic nitrogens is 2. The number of amides is 1. The van der Waals surface area contributed by atoms with Gasteiger partial charge in [0.1, 0.15) is 5.69 Å². The topological polar surface area (TPSA) is 117 Å². The van der Waals surface area contributed by atoms with Gasteiger partial charge >= 0.3 is 0 Å². The van der Waals surface area contributed by atoms with E-state index in [0.717, 1.165) is 64.8 Å². The first-order chi connectivity index (χ1) is 24.0. The first kappa shape index (κ1) is 33.0. The van der Waals surface area contributed by atoms with E-state index in [9.17, 15) is 15.0 Å². The highest BCUT2D eigenvalue weighted by Gasteiger charge is 2.40. The molecular weight excluding hydrogens is 616 g/mol. The Morgan fingerprint density at radius 3 is 2.45 bits per heavy atom. The zero-order valence-electron chi connectivity index (χ0n) is 27.6. The number of nitrogens with zero attached hydrogens (tertiary/aromatic N) is 3. The number of nitrogens with one attached hydrogen (secondary N) is 1. The Labute approximate surface area is 286 Å². The highest BCUT2D eigenvalue weighted by molar-refractivity contribution is 5.93. The fourth-order valence-corrected chi connectivity index (χ4v) is 6.97. The Morgan fingerprint density at radius 1 is 0.878 bits per heavy atom. The highest BCUT2D eigenvalue weighted by atomic mass is 16.7. The van der Waals surface area contributed by atoms with Crippen molar-refractivity contribution in [3.8, 4) is 11.1 Å². The highest BCUT2D eigenvalue weighted by Crippen LogP contribution is 2.43. The van der Waals surface area contributed by atoms with Crippen LogP contribution in [0, 0.1) is 5.92 Å². The van der Waals surface area contributed by atoms with Crippen LogP contribution in [0.4, 0.5) is 0 Å². The monoisotopic (exact) mass is 658 g/mol. The van der Waals surface area contributed by atoms with Gasteiger partial charge in [-0.25, -0.2) is 4.98 Å². The molecule has 2 fully saturated rings. The molecule has 1 amide bonds. The number of ether oxygens (including phenoxy) is 2. The molecule has 7 rings (SSSR count). The maximum absolute atomic E-state index is 12.9. The van der Waals surface area contributed by atoms with Crippen molar-refractivity contribution < 1.29 is 24.5 Å². The fourth-order valence-electron chi connectivity index (χ4n) is 6.97. The molecule has 0 aliphatic carbocycles. The normalized spacial score (nSPS) is 22.7. The summed E-state index contributed by atoms with van der Waals surface area (Å²) in [5.74, 6) is -0.215. The van der Waals surface area contributed by atoms with Gasteiger partial charge in [-0.2, -0.15) is 0 Å². The summed E-state index contributed by atoms with van der Waals surface area (Å²) in [6.07, 6.45) is 2.65. The average molecular weight is 659 g/mol. The van der Waals surface area contributed by atoms with Crippen LogP contribution in [0.15, 0.2) is 103 Å². The van der Waals surface area contributed by atoms with Gasteiger partial charge < -0.3 is 25.0 Å². The van der Waals surface area contributed by atoms with Crippen molar-refractivity contribution in [2.75, 3.05) is 19.7 Å². The minimum atomic E-state index is -0.593. The molecule has 3 heterocycles. The number of aliphatic hydroxyl groups is 2. The van der Waals surface area contributed by atoms with Crippen molar-refractivity contribution in [1.29, 1.82) is 0 Å². The number of carbonyl (C=O) groups excluding carboxylic acids is 1. The van der Waals surface area contributed by atoms with E-state index in [1.165, 1.54) is 6.20 Å². The van der Waals surface area contributed by atoms with Crippen LogP contribution in [0.3, 0.4) is 0 Å². The van der Waals surface area contributed by atoms with Crippen LogP contribution in [-0.4, -0.2) is 62.8 Å². The number of benzene rings is 4. The predicted molar refractivity (Wildman–Crippen MR) is 187 cm³/mol. The van der Waals surface area contributed by atoms with Gasteiger partial charge in [-0.05, 0) is 71.5 Å². The van der Waals surface area contributed by atoms with E-state index in [1.807, 2.05) is 72.8 Å². The summed E-state index contributed by atoms with van der Waals surface area (Å²) in [4.78, 5) is 24.1. The third-order valence-corrected chi connectivity index (χ3v) is 9.80. The number of likely N-dealkylation sites (tertiary alicyclic amines) is 1. The Hall–Kier alpha value is -4.51. The summed E-state index contributed by atoms with van der Waals surface area (Å²) < 4.78 is 13.5. The molecule has 3 N–H and O–H groups in total. The third-order valence-electron chi connectivity index (χ3n) is 9.80. The molecule has 0 spiro atoms. The van der Waals surface area contributed by atoms with Crippen molar-refractivity contribution >= 4 is 16.9 Å². The standard InChI is InChI=1S/C40H42N4O5/c1-26-37(23-44-18-6-11-33(44)25-46)48-40(49-38(26)29-16-14-27(24-45)15-17-29)32-10-5-9-31(20-32)30-8-4-7-28(19-30)21-42-39(47)36-22-41-34-12-2-3-13-35(34)43-36/h2-5,7-10,12-17,19-20,22,26,33,37-38,40,45-46H,6,11,18,21,23-25H2,1H3,(H,42,47). The van der Waals surface area contributed by atoms with Crippen molar-refractivity contribution in [2.24, 2.45) is 5.92 Å². The molecule has 0 saturated carbocycles. The number of fused-ring (bicyclic) bond motifs is 1. The Morgan fingerprint density at radius 2 is 1.65 bits per heavy atom. The zero-order valence-corrected chi connectivity index (χ0v) is 27.6. The van der Waals surface area contributed by atoms with Crippen LogP contribution >= 0.6 is 0 Å². The Kier molecular flexibility index (Phi) is 10.1.